The topological polar surface area (TPSA) is 64.7 Å². The predicted octanol–water partition coefficient (Wildman–Crippen LogP) is 4.25. The number of aryl methyl sites for hydroxylation is 1. The molecule has 2 aromatic heterocycles. The molecule has 1 unspecified atom stereocenters. The maximum Gasteiger partial charge on any atom is 0.250 e. The van der Waals surface area contributed by atoms with Gasteiger partial charge in [0, 0.05) is 17.3 Å². The summed E-state index contributed by atoms with van der Waals surface area (Å²) in [4.78, 5) is 12.5. The highest BCUT2D eigenvalue weighted by molar-refractivity contribution is 6.32. The lowest BCUT2D eigenvalue weighted by Crippen LogP contribution is -2.25. The molecule has 0 aliphatic carbocycles. The van der Waals surface area contributed by atoms with E-state index in [4.69, 9.17) is 23.2 Å². The number of amides is 1. The first-order chi connectivity index (χ1) is 12.4. The molecule has 1 aromatic carbocycles. The number of rotatable bonds is 5. The van der Waals surface area contributed by atoms with Gasteiger partial charge >= 0.3 is 0 Å². The van der Waals surface area contributed by atoms with E-state index in [0.717, 1.165) is 11.3 Å². The van der Waals surface area contributed by atoms with Gasteiger partial charge in [-0.3, -0.25) is 14.2 Å². The van der Waals surface area contributed by atoms with E-state index in [1.807, 2.05) is 38.1 Å². The molecular formula is C18H19Cl2N5O. The maximum atomic E-state index is 12.5. The minimum atomic E-state index is -0.505. The van der Waals surface area contributed by atoms with Crippen molar-refractivity contribution in [2.75, 3.05) is 5.32 Å². The second-order valence-electron chi connectivity index (χ2n) is 6.08. The predicted molar refractivity (Wildman–Crippen MR) is 103 cm³/mol. The number of hydrogen-bond acceptors (Lipinski definition) is 3. The van der Waals surface area contributed by atoms with E-state index in [1.54, 1.807) is 28.6 Å². The molecule has 0 saturated carbocycles. The van der Waals surface area contributed by atoms with E-state index in [-0.39, 0.29) is 5.91 Å². The minimum Gasteiger partial charge on any atom is -0.307 e. The quantitative estimate of drug-likeness (QED) is 0.706. The lowest BCUT2D eigenvalue weighted by atomic mass is 10.2. The van der Waals surface area contributed by atoms with E-state index in [9.17, 15) is 4.79 Å². The van der Waals surface area contributed by atoms with Crippen molar-refractivity contribution in [1.29, 1.82) is 0 Å². The van der Waals surface area contributed by atoms with E-state index >= 15 is 0 Å². The van der Waals surface area contributed by atoms with E-state index in [2.05, 4.69) is 15.5 Å². The van der Waals surface area contributed by atoms with Crippen LogP contribution in [0.25, 0.3) is 0 Å². The van der Waals surface area contributed by atoms with E-state index in [1.165, 1.54) is 0 Å². The zero-order chi connectivity index (χ0) is 18.8. The molecule has 26 heavy (non-hydrogen) atoms. The maximum absolute atomic E-state index is 12.5. The number of anilines is 1. The van der Waals surface area contributed by atoms with E-state index in [0.29, 0.717) is 28.1 Å². The third-order valence-electron chi connectivity index (χ3n) is 4.17. The van der Waals surface area contributed by atoms with Crippen LogP contribution in [0, 0.1) is 13.8 Å². The van der Waals surface area contributed by atoms with Crippen LogP contribution in [0.15, 0.2) is 36.5 Å². The van der Waals surface area contributed by atoms with Crippen LogP contribution < -0.4 is 5.32 Å². The number of nitrogens with one attached hydrogen (secondary N) is 1. The molecule has 8 heteroatoms. The van der Waals surface area contributed by atoms with Crippen molar-refractivity contribution in [3.05, 3.63) is 63.5 Å². The number of halogens is 2. The summed E-state index contributed by atoms with van der Waals surface area (Å²) in [6.45, 7) is 5.95. The van der Waals surface area contributed by atoms with Crippen LogP contribution in [-0.4, -0.2) is 25.5 Å². The van der Waals surface area contributed by atoms with Crippen molar-refractivity contribution < 1.29 is 4.79 Å². The fraction of sp³-hybridized carbons (Fsp3) is 0.278. The molecule has 2 heterocycles. The van der Waals surface area contributed by atoms with Gasteiger partial charge in [-0.2, -0.15) is 10.2 Å². The van der Waals surface area contributed by atoms with Crippen LogP contribution >= 0.6 is 23.2 Å². The van der Waals surface area contributed by atoms with Crippen molar-refractivity contribution in [3.63, 3.8) is 0 Å². The Morgan fingerprint density at radius 2 is 1.92 bits per heavy atom. The Hall–Kier alpha value is -2.31. The molecule has 0 bridgehead atoms. The highest BCUT2D eigenvalue weighted by Gasteiger charge is 2.21. The Morgan fingerprint density at radius 3 is 2.58 bits per heavy atom. The number of hydrogen-bond donors (Lipinski definition) is 1. The summed E-state index contributed by atoms with van der Waals surface area (Å²) in [5.41, 5.74) is 2.42. The summed E-state index contributed by atoms with van der Waals surface area (Å²) in [5.74, 6) is 0.261. The summed E-state index contributed by atoms with van der Waals surface area (Å²) in [6.07, 6.45) is 1.80. The van der Waals surface area contributed by atoms with Gasteiger partial charge in [-0.1, -0.05) is 41.4 Å². The number of nitrogens with zero attached hydrogens (tertiary/aromatic N) is 4. The first-order valence-corrected chi connectivity index (χ1v) is 8.91. The number of benzene rings is 1. The van der Waals surface area contributed by atoms with Gasteiger partial charge in [-0.25, -0.2) is 0 Å². The zero-order valence-corrected chi connectivity index (χ0v) is 16.2. The smallest absolute Gasteiger partial charge is 0.250 e. The molecule has 0 radical (unpaired) electrons. The molecule has 1 atom stereocenters. The molecule has 1 amide bonds. The fourth-order valence-corrected chi connectivity index (χ4v) is 3.00. The van der Waals surface area contributed by atoms with Crippen LogP contribution in [0.5, 0.6) is 0 Å². The average Bonchev–Trinajstić information content (AvgIpc) is 3.16. The molecule has 0 fully saturated rings. The van der Waals surface area contributed by atoms with Crippen molar-refractivity contribution in [3.8, 4) is 0 Å². The van der Waals surface area contributed by atoms with Crippen LogP contribution in [-0.2, 0) is 11.3 Å². The lowest BCUT2D eigenvalue weighted by molar-refractivity contribution is -0.119. The molecular weight excluding hydrogens is 373 g/mol. The zero-order valence-electron chi connectivity index (χ0n) is 14.7. The molecule has 0 aliphatic rings. The third-order valence-corrected chi connectivity index (χ3v) is 5.08. The number of carbonyl (C=O) groups excluding carboxylic acids is 1. The summed E-state index contributed by atoms with van der Waals surface area (Å²) in [6, 6.07) is 8.83. The van der Waals surface area contributed by atoms with Crippen LogP contribution in [0.2, 0.25) is 10.0 Å². The first-order valence-electron chi connectivity index (χ1n) is 8.15. The highest BCUT2D eigenvalue weighted by atomic mass is 35.5. The molecule has 0 aliphatic heterocycles. The summed E-state index contributed by atoms with van der Waals surface area (Å²) >= 11 is 12.3. The fourth-order valence-electron chi connectivity index (χ4n) is 2.68. The van der Waals surface area contributed by atoms with Crippen LogP contribution in [0.1, 0.15) is 29.9 Å². The van der Waals surface area contributed by atoms with Gasteiger partial charge in [0.25, 0.3) is 0 Å². The highest BCUT2D eigenvalue weighted by Crippen LogP contribution is 2.23. The van der Waals surface area contributed by atoms with E-state index < -0.39 is 6.04 Å². The number of aromatic nitrogens is 4. The minimum absolute atomic E-state index is 0.213. The third kappa shape index (κ3) is 3.76. The van der Waals surface area contributed by atoms with Gasteiger partial charge in [-0.15, -0.1) is 0 Å². The summed E-state index contributed by atoms with van der Waals surface area (Å²) in [7, 11) is 0. The Balaban J connectivity index is 1.69. The Bertz CT molecular complexity index is 947. The second kappa shape index (κ2) is 7.51. The number of carbonyl (C=O) groups is 1. The van der Waals surface area contributed by atoms with Gasteiger partial charge in [0.2, 0.25) is 5.91 Å². The molecule has 1 N–H and O–H groups in total. The largest absolute Gasteiger partial charge is 0.307 e. The lowest BCUT2D eigenvalue weighted by Gasteiger charge is -2.13. The Morgan fingerprint density at radius 1 is 1.19 bits per heavy atom. The van der Waals surface area contributed by atoms with Crippen molar-refractivity contribution in [1.82, 2.24) is 19.6 Å². The Kier molecular flexibility index (Phi) is 5.34. The molecule has 3 aromatic rings. The van der Waals surface area contributed by atoms with Gasteiger partial charge in [0.1, 0.15) is 6.04 Å². The standard InChI is InChI=1S/C18H19Cl2N5O/c1-11-17(20)12(2)25(22-11)13(3)18(26)21-16-8-9-24(23-16)10-14-6-4-5-7-15(14)19/h4-9,13H,10H2,1-3H3,(H,21,23,26). The molecule has 6 nitrogen and oxygen atoms in total. The molecule has 0 spiro atoms. The summed E-state index contributed by atoms with van der Waals surface area (Å²) < 4.78 is 3.34. The van der Waals surface area contributed by atoms with Gasteiger partial charge in [0.15, 0.2) is 5.82 Å². The Labute approximate surface area is 161 Å². The van der Waals surface area contributed by atoms with Gasteiger partial charge in [0.05, 0.1) is 23.0 Å². The average molecular weight is 392 g/mol. The first kappa shape index (κ1) is 18.5. The molecule has 136 valence electrons. The van der Waals surface area contributed by atoms with Crippen LogP contribution in [0.3, 0.4) is 0 Å². The SMILES string of the molecule is Cc1nn(C(C)C(=O)Nc2ccn(Cc3ccccc3Cl)n2)c(C)c1Cl. The normalized spacial score (nSPS) is 12.2. The molecule has 0 saturated heterocycles. The van der Waals surface area contributed by atoms with Crippen molar-refractivity contribution in [2.45, 2.75) is 33.4 Å². The van der Waals surface area contributed by atoms with Crippen molar-refractivity contribution in [2.24, 2.45) is 0 Å². The summed E-state index contributed by atoms with van der Waals surface area (Å²) in [5, 5.41) is 12.8. The van der Waals surface area contributed by atoms with Gasteiger partial charge < -0.3 is 5.32 Å². The van der Waals surface area contributed by atoms with Gasteiger partial charge in [-0.05, 0) is 32.4 Å². The molecule has 3 rings (SSSR count). The monoisotopic (exact) mass is 391 g/mol. The van der Waals surface area contributed by atoms with Crippen LogP contribution in [0.4, 0.5) is 5.82 Å². The second-order valence-corrected chi connectivity index (χ2v) is 6.87. The van der Waals surface area contributed by atoms with Crippen molar-refractivity contribution >= 4 is 34.9 Å².